The standard InChI is InChI=1S/C11H19N3O/c1-2-14-9-13-6-10(14)5-12-7-11(8-15)3-4-11/h6,9,12,15H,2-5,7-8H2,1H3. The van der Waals surface area contributed by atoms with Crippen LogP contribution in [0.2, 0.25) is 0 Å². The van der Waals surface area contributed by atoms with Crippen molar-refractivity contribution < 1.29 is 5.11 Å². The fraction of sp³-hybridized carbons (Fsp3) is 0.727. The molecule has 0 spiro atoms. The van der Waals surface area contributed by atoms with Crippen LogP contribution >= 0.6 is 0 Å². The molecule has 1 saturated carbocycles. The summed E-state index contributed by atoms with van der Waals surface area (Å²) < 4.78 is 2.13. The van der Waals surface area contributed by atoms with E-state index >= 15 is 0 Å². The highest BCUT2D eigenvalue weighted by atomic mass is 16.3. The van der Waals surface area contributed by atoms with Crippen molar-refractivity contribution in [2.45, 2.75) is 32.9 Å². The number of hydrogen-bond acceptors (Lipinski definition) is 3. The molecule has 0 radical (unpaired) electrons. The molecule has 0 bridgehead atoms. The van der Waals surface area contributed by atoms with Crippen LogP contribution in [0.25, 0.3) is 0 Å². The van der Waals surface area contributed by atoms with Crippen LogP contribution in [0.15, 0.2) is 12.5 Å². The van der Waals surface area contributed by atoms with Gasteiger partial charge in [-0.1, -0.05) is 0 Å². The van der Waals surface area contributed by atoms with Gasteiger partial charge in [0.2, 0.25) is 0 Å². The number of nitrogens with zero attached hydrogens (tertiary/aromatic N) is 2. The minimum Gasteiger partial charge on any atom is -0.396 e. The first-order valence-corrected chi connectivity index (χ1v) is 5.60. The van der Waals surface area contributed by atoms with E-state index in [-0.39, 0.29) is 5.41 Å². The Morgan fingerprint density at radius 2 is 2.40 bits per heavy atom. The zero-order valence-corrected chi connectivity index (χ0v) is 9.24. The molecule has 4 nitrogen and oxygen atoms in total. The van der Waals surface area contributed by atoms with Crippen molar-refractivity contribution in [1.82, 2.24) is 14.9 Å². The van der Waals surface area contributed by atoms with Crippen molar-refractivity contribution >= 4 is 0 Å². The molecule has 2 rings (SSSR count). The van der Waals surface area contributed by atoms with Crippen LogP contribution in [-0.4, -0.2) is 27.8 Å². The smallest absolute Gasteiger partial charge is 0.0948 e. The van der Waals surface area contributed by atoms with Crippen LogP contribution in [0.5, 0.6) is 0 Å². The summed E-state index contributed by atoms with van der Waals surface area (Å²) in [6, 6.07) is 0. The Labute approximate surface area is 90.3 Å². The molecule has 1 aliphatic carbocycles. The van der Waals surface area contributed by atoms with E-state index in [9.17, 15) is 0 Å². The Morgan fingerprint density at radius 1 is 1.60 bits per heavy atom. The van der Waals surface area contributed by atoms with Gasteiger partial charge < -0.3 is 15.0 Å². The Bertz CT molecular complexity index is 317. The highest BCUT2D eigenvalue weighted by Crippen LogP contribution is 2.44. The summed E-state index contributed by atoms with van der Waals surface area (Å²) in [6.45, 7) is 5.14. The van der Waals surface area contributed by atoms with Gasteiger partial charge in [-0.05, 0) is 19.8 Å². The summed E-state index contributed by atoms with van der Waals surface area (Å²) >= 11 is 0. The number of imidazole rings is 1. The number of nitrogens with one attached hydrogen (secondary N) is 1. The van der Waals surface area contributed by atoms with E-state index in [4.69, 9.17) is 5.11 Å². The van der Waals surface area contributed by atoms with E-state index in [1.165, 1.54) is 5.69 Å². The molecule has 0 aromatic carbocycles. The maximum Gasteiger partial charge on any atom is 0.0948 e. The minimum absolute atomic E-state index is 0.192. The van der Waals surface area contributed by atoms with Gasteiger partial charge in [-0.2, -0.15) is 0 Å². The molecular formula is C11H19N3O. The van der Waals surface area contributed by atoms with Crippen LogP contribution in [0.4, 0.5) is 0 Å². The van der Waals surface area contributed by atoms with Gasteiger partial charge in [0.25, 0.3) is 0 Å². The Balaban J connectivity index is 1.78. The highest BCUT2D eigenvalue weighted by molar-refractivity contribution is 4.99. The van der Waals surface area contributed by atoms with Crippen molar-refractivity contribution in [1.29, 1.82) is 0 Å². The third-order valence-electron chi connectivity index (χ3n) is 3.24. The van der Waals surface area contributed by atoms with Crippen molar-refractivity contribution in [3.8, 4) is 0 Å². The second-order valence-corrected chi connectivity index (χ2v) is 4.43. The van der Waals surface area contributed by atoms with E-state index in [1.807, 2.05) is 12.5 Å². The number of aromatic nitrogens is 2. The summed E-state index contributed by atoms with van der Waals surface area (Å²) in [7, 11) is 0. The van der Waals surface area contributed by atoms with Crippen molar-refractivity contribution in [2.24, 2.45) is 5.41 Å². The zero-order valence-electron chi connectivity index (χ0n) is 9.24. The van der Waals surface area contributed by atoms with E-state index in [0.717, 1.165) is 32.5 Å². The van der Waals surface area contributed by atoms with Crippen molar-refractivity contribution in [3.63, 3.8) is 0 Å². The summed E-state index contributed by atoms with van der Waals surface area (Å²) in [4.78, 5) is 4.12. The van der Waals surface area contributed by atoms with E-state index < -0.39 is 0 Å². The molecule has 15 heavy (non-hydrogen) atoms. The van der Waals surface area contributed by atoms with E-state index in [1.54, 1.807) is 0 Å². The van der Waals surface area contributed by atoms with Crippen molar-refractivity contribution in [2.75, 3.05) is 13.2 Å². The lowest BCUT2D eigenvalue weighted by Crippen LogP contribution is -2.26. The molecule has 1 aromatic heterocycles. The third-order valence-corrected chi connectivity index (χ3v) is 3.24. The lowest BCUT2D eigenvalue weighted by Gasteiger charge is -2.13. The first-order chi connectivity index (χ1) is 7.29. The van der Waals surface area contributed by atoms with Gasteiger partial charge in [0, 0.05) is 37.9 Å². The average molecular weight is 209 g/mol. The first-order valence-electron chi connectivity index (χ1n) is 5.60. The third kappa shape index (κ3) is 2.38. The molecule has 1 aromatic rings. The number of hydrogen-bond donors (Lipinski definition) is 2. The molecule has 0 aliphatic heterocycles. The fourth-order valence-corrected chi connectivity index (χ4v) is 1.80. The Morgan fingerprint density at radius 3 is 3.00 bits per heavy atom. The maximum atomic E-state index is 9.16. The van der Waals surface area contributed by atoms with Crippen LogP contribution in [0.3, 0.4) is 0 Å². The van der Waals surface area contributed by atoms with Crippen LogP contribution < -0.4 is 5.32 Å². The number of aliphatic hydroxyl groups is 1. The fourth-order valence-electron chi connectivity index (χ4n) is 1.80. The molecule has 1 aliphatic rings. The predicted molar refractivity (Wildman–Crippen MR) is 58.4 cm³/mol. The molecule has 1 heterocycles. The monoisotopic (exact) mass is 209 g/mol. The van der Waals surface area contributed by atoms with Crippen LogP contribution in [0, 0.1) is 5.41 Å². The maximum absolute atomic E-state index is 9.16. The molecule has 1 fully saturated rings. The Hall–Kier alpha value is -0.870. The normalized spacial score (nSPS) is 18.0. The lowest BCUT2D eigenvalue weighted by atomic mass is 10.1. The predicted octanol–water partition coefficient (Wildman–Crippen LogP) is 0.765. The largest absolute Gasteiger partial charge is 0.396 e. The average Bonchev–Trinajstić information content (AvgIpc) is 2.90. The minimum atomic E-state index is 0.192. The van der Waals surface area contributed by atoms with Gasteiger partial charge in [0.15, 0.2) is 0 Å². The van der Waals surface area contributed by atoms with Crippen LogP contribution in [-0.2, 0) is 13.1 Å². The SMILES string of the molecule is CCn1cncc1CNCC1(CO)CC1. The summed E-state index contributed by atoms with van der Waals surface area (Å²) in [5.41, 5.74) is 1.41. The molecule has 0 amide bonds. The van der Waals surface area contributed by atoms with Gasteiger partial charge in [0.05, 0.1) is 12.0 Å². The van der Waals surface area contributed by atoms with Gasteiger partial charge >= 0.3 is 0 Å². The molecular weight excluding hydrogens is 190 g/mol. The Kier molecular flexibility index (Phi) is 3.07. The number of aryl methyl sites for hydroxylation is 1. The second kappa shape index (κ2) is 4.33. The molecule has 4 heteroatoms. The first kappa shape index (κ1) is 10.6. The van der Waals surface area contributed by atoms with Crippen LogP contribution in [0.1, 0.15) is 25.5 Å². The van der Waals surface area contributed by atoms with Crippen molar-refractivity contribution in [3.05, 3.63) is 18.2 Å². The molecule has 0 atom stereocenters. The lowest BCUT2D eigenvalue weighted by molar-refractivity contribution is 0.207. The zero-order chi connectivity index (χ0) is 10.7. The molecule has 2 N–H and O–H groups in total. The summed E-state index contributed by atoms with van der Waals surface area (Å²) in [5, 5.41) is 12.6. The van der Waals surface area contributed by atoms with Gasteiger partial charge in [-0.3, -0.25) is 0 Å². The molecule has 0 saturated heterocycles. The molecule has 0 unspecified atom stereocenters. The van der Waals surface area contributed by atoms with E-state index in [2.05, 4.69) is 21.8 Å². The second-order valence-electron chi connectivity index (χ2n) is 4.43. The van der Waals surface area contributed by atoms with Gasteiger partial charge in [0.1, 0.15) is 0 Å². The quantitative estimate of drug-likeness (QED) is 0.727. The number of aliphatic hydroxyl groups excluding tert-OH is 1. The van der Waals surface area contributed by atoms with Gasteiger partial charge in [-0.15, -0.1) is 0 Å². The van der Waals surface area contributed by atoms with Gasteiger partial charge in [-0.25, -0.2) is 4.98 Å². The summed E-state index contributed by atoms with van der Waals surface area (Å²) in [6.07, 6.45) is 6.07. The number of rotatable bonds is 6. The topological polar surface area (TPSA) is 50.1 Å². The summed E-state index contributed by atoms with van der Waals surface area (Å²) in [5.74, 6) is 0. The highest BCUT2D eigenvalue weighted by Gasteiger charge is 2.41. The van der Waals surface area contributed by atoms with E-state index in [0.29, 0.717) is 6.61 Å². The molecule has 84 valence electrons.